The quantitative estimate of drug-likeness (QED) is 0.716. The first-order chi connectivity index (χ1) is 7.16. The second-order valence-corrected chi connectivity index (χ2v) is 4.38. The molecule has 1 aromatic rings. The van der Waals surface area contributed by atoms with Crippen LogP contribution in [0, 0.1) is 0 Å². The monoisotopic (exact) mass is 206 g/mol. The van der Waals surface area contributed by atoms with Gasteiger partial charge in [-0.15, -0.1) is 0 Å². The van der Waals surface area contributed by atoms with Crippen LogP contribution in [0.1, 0.15) is 17.5 Å². The van der Waals surface area contributed by atoms with Crippen LogP contribution in [-0.2, 0) is 12.8 Å². The van der Waals surface area contributed by atoms with Crippen LogP contribution in [0.2, 0.25) is 0 Å². The fourth-order valence-electron chi connectivity index (χ4n) is 2.24. The van der Waals surface area contributed by atoms with Gasteiger partial charge in [0.25, 0.3) is 0 Å². The zero-order valence-corrected chi connectivity index (χ0v) is 9.33. The Labute approximate surface area is 90.7 Å². The van der Waals surface area contributed by atoms with Crippen molar-refractivity contribution in [2.24, 2.45) is 0 Å². The maximum absolute atomic E-state index is 9.77. The van der Waals surface area contributed by atoms with E-state index >= 15 is 0 Å². The van der Waals surface area contributed by atoms with E-state index in [4.69, 9.17) is 0 Å². The molecule has 0 amide bonds. The SMILES string of the molecule is CN(C)NC1CCc2cccc(O)c2C1. The number of phenolic OH excluding ortho intramolecular Hbond substituents is 1. The number of hydrogen-bond acceptors (Lipinski definition) is 3. The summed E-state index contributed by atoms with van der Waals surface area (Å²) in [6, 6.07) is 6.26. The van der Waals surface area contributed by atoms with Crippen molar-refractivity contribution in [2.45, 2.75) is 25.3 Å². The van der Waals surface area contributed by atoms with Gasteiger partial charge >= 0.3 is 0 Å². The summed E-state index contributed by atoms with van der Waals surface area (Å²) in [5.74, 6) is 0.442. The van der Waals surface area contributed by atoms with Crippen LogP contribution in [0.5, 0.6) is 5.75 Å². The highest BCUT2D eigenvalue weighted by Crippen LogP contribution is 2.28. The van der Waals surface area contributed by atoms with Crippen LogP contribution >= 0.6 is 0 Å². The van der Waals surface area contributed by atoms with Crippen molar-refractivity contribution in [3.63, 3.8) is 0 Å². The van der Waals surface area contributed by atoms with Crippen LogP contribution in [0.15, 0.2) is 18.2 Å². The van der Waals surface area contributed by atoms with E-state index in [0.717, 1.165) is 24.8 Å². The van der Waals surface area contributed by atoms with Crippen molar-refractivity contribution in [2.75, 3.05) is 14.1 Å². The van der Waals surface area contributed by atoms with Crippen molar-refractivity contribution in [3.8, 4) is 5.75 Å². The first kappa shape index (κ1) is 10.5. The first-order valence-corrected chi connectivity index (χ1v) is 5.40. The standard InChI is InChI=1S/C12H18N2O/c1-14(2)13-10-7-6-9-4-3-5-12(15)11(9)8-10/h3-5,10,13,15H,6-8H2,1-2H3. The number of phenols is 1. The maximum Gasteiger partial charge on any atom is 0.119 e. The topological polar surface area (TPSA) is 35.5 Å². The summed E-state index contributed by atoms with van der Waals surface area (Å²) in [7, 11) is 4.00. The van der Waals surface area contributed by atoms with Gasteiger partial charge < -0.3 is 5.11 Å². The molecule has 1 aromatic carbocycles. The molecule has 1 atom stereocenters. The van der Waals surface area contributed by atoms with Gasteiger partial charge in [-0.1, -0.05) is 12.1 Å². The number of fused-ring (bicyclic) bond motifs is 1. The third-order valence-electron chi connectivity index (χ3n) is 2.90. The van der Waals surface area contributed by atoms with Crippen molar-refractivity contribution < 1.29 is 5.11 Å². The number of nitrogens with one attached hydrogen (secondary N) is 1. The van der Waals surface area contributed by atoms with E-state index in [-0.39, 0.29) is 0 Å². The number of hydrazine groups is 1. The summed E-state index contributed by atoms with van der Waals surface area (Å²) in [5, 5.41) is 11.7. The number of hydrogen-bond donors (Lipinski definition) is 2. The highest BCUT2D eigenvalue weighted by molar-refractivity contribution is 5.41. The Morgan fingerprint density at radius 2 is 2.20 bits per heavy atom. The van der Waals surface area contributed by atoms with Crippen molar-refractivity contribution in [1.29, 1.82) is 0 Å². The second-order valence-electron chi connectivity index (χ2n) is 4.38. The molecule has 82 valence electrons. The van der Waals surface area contributed by atoms with Gasteiger partial charge in [0, 0.05) is 20.1 Å². The lowest BCUT2D eigenvalue weighted by Crippen LogP contribution is -2.42. The number of benzene rings is 1. The number of aromatic hydroxyl groups is 1. The lowest BCUT2D eigenvalue weighted by atomic mass is 9.88. The van der Waals surface area contributed by atoms with Gasteiger partial charge in [0.2, 0.25) is 0 Å². The second kappa shape index (κ2) is 4.21. The summed E-state index contributed by atoms with van der Waals surface area (Å²) in [6.45, 7) is 0. The number of aryl methyl sites for hydroxylation is 1. The molecule has 0 saturated carbocycles. The molecule has 3 heteroatoms. The van der Waals surface area contributed by atoms with Gasteiger partial charge in [-0.3, -0.25) is 10.4 Å². The third-order valence-corrected chi connectivity index (χ3v) is 2.90. The Bertz CT molecular complexity index is 349. The van der Waals surface area contributed by atoms with Crippen LogP contribution in [0.25, 0.3) is 0 Å². The Morgan fingerprint density at radius 3 is 2.93 bits per heavy atom. The minimum atomic E-state index is 0.442. The molecule has 1 unspecified atom stereocenters. The van der Waals surface area contributed by atoms with E-state index in [2.05, 4.69) is 11.5 Å². The number of nitrogens with zero attached hydrogens (tertiary/aromatic N) is 1. The molecule has 3 nitrogen and oxygen atoms in total. The summed E-state index contributed by atoms with van der Waals surface area (Å²) >= 11 is 0. The van der Waals surface area contributed by atoms with Gasteiger partial charge in [0.1, 0.15) is 5.75 Å². The molecule has 0 fully saturated rings. The Kier molecular flexibility index (Phi) is 2.93. The van der Waals surface area contributed by atoms with Crippen LogP contribution in [-0.4, -0.2) is 30.3 Å². The predicted octanol–water partition coefficient (Wildman–Crippen LogP) is 1.32. The molecule has 2 rings (SSSR count). The van der Waals surface area contributed by atoms with E-state index in [1.165, 1.54) is 5.56 Å². The van der Waals surface area contributed by atoms with Crippen molar-refractivity contribution in [1.82, 2.24) is 10.4 Å². The predicted molar refractivity (Wildman–Crippen MR) is 60.7 cm³/mol. The van der Waals surface area contributed by atoms with Crippen molar-refractivity contribution >= 4 is 0 Å². The highest BCUT2D eigenvalue weighted by Gasteiger charge is 2.20. The van der Waals surface area contributed by atoms with E-state index in [1.807, 2.05) is 25.2 Å². The lowest BCUT2D eigenvalue weighted by molar-refractivity contribution is 0.227. The Morgan fingerprint density at radius 1 is 1.40 bits per heavy atom. The van der Waals surface area contributed by atoms with Crippen LogP contribution < -0.4 is 5.43 Å². The molecular weight excluding hydrogens is 188 g/mol. The molecule has 0 spiro atoms. The minimum absolute atomic E-state index is 0.442. The summed E-state index contributed by atoms with van der Waals surface area (Å²) in [6.07, 6.45) is 3.10. The van der Waals surface area contributed by atoms with Gasteiger partial charge in [0.05, 0.1) is 0 Å². The van der Waals surface area contributed by atoms with Gasteiger partial charge in [-0.05, 0) is 36.5 Å². The molecule has 0 bridgehead atoms. The smallest absolute Gasteiger partial charge is 0.119 e. The number of rotatable bonds is 2. The summed E-state index contributed by atoms with van der Waals surface area (Å²) in [5.41, 5.74) is 5.78. The largest absolute Gasteiger partial charge is 0.508 e. The molecule has 15 heavy (non-hydrogen) atoms. The van der Waals surface area contributed by atoms with E-state index in [1.54, 1.807) is 6.07 Å². The van der Waals surface area contributed by atoms with E-state index < -0.39 is 0 Å². The van der Waals surface area contributed by atoms with E-state index in [0.29, 0.717) is 11.8 Å². The molecule has 1 aliphatic carbocycles. The fraction of sp³-hybridized carbons (Fsp3) is 0.500. The normalized spacial score (nSPS) is 20.3. The van der Waals surface area contributed by atoms with Crippen LogP contribution in [0.4, 0.5) is 0 Å². The zero-order valence-electron chi connectivity index (χ0n) is 9.33. The maximum atomic E-state index is 9.77. The Balaban J connectivity index is 2.15. The molecule has 2 N–H and O–H groups in total. The van der Waals surface area contributed by atoms with Gasteiger partial charge in [-0.2, -0.15) is 0 Å². The fourth-order valence-corrected chi connectivity index (χ4v) is 2.24. The van der Waals surface area contributed by atoms with Gasteiger partial charge in [-0.25, -0.2) is 0 Å². The molecule has 0 saturated heterocycles. The average Bonchev–Trinajstić information content (AvgIpc) is 2.18. The average molecular weight is 206 g/mol. The molecule has 0 aromatic heterocycles. The van der Waals surface area contributed by atoms with Gasteiger partial charge in [0.15, 0.2) is 0 Å². The zero-order chi connectivity index (χ0) is 10.8. The van der Waals surface area contributed by atoms with Crippen molar-refractivity contribution in [3.05, 3.63) is 29.3 Å². The summed E-state index contributed by atoms with van der Waals surface area (Å²) < 4.78 is 0. The molecular formula is C12H18N2O. The molecule has 0 heterocycles. The summed E-state index contributed by atoms with van der Waals surface area (Å²) in [4.78, 5) is 0. The minimum Gasteiger partial charge on any atom is -0.508 e. The lowest BCUT2D eigenvalue weighted by Gasteiger charge is -2.28. The third kappa shape index (κ3) is 2.30. The first-order valence-electron chi connectivity index (χ1n) is 5.40. The molecule has 1 aliphatic rings. The highest BCUT2D eigenvalue weighted by atomic mass is 16.3. The molecule has 0 aliphatic heterocycles. The molecule has 0 radical (unpaired) electrons. The Hall–Kier alpha value is -1.06. The van der Waals surface area contributed by atoms with Crippen LogP contribution in [0.3, 0.4) is 0 Å². The van der Waals surface area contributed by atoms with E-state index in [9.17, 15) is 5.11 Å².